The standard InChI is InChI=1S/C12H12ClFN2/c1-2-4-10-8-12(13)16(15-10)11-6-3-5-9(14)7-11/h3,5-8H,2,4H2,1H3. The molecule has 2 nitrogen and oxygen atoms in total. The number of rotatable bonds is 3. The summed E-state index contributed by atoms with van der Waals surface area (Å²) < 4.78 is 14.6. The predicted molar refractivity (Wildman–Crippen MR) is 62.5 cm³/mol. The van der Waals surface area contributed by atoms with E-state index in [-0.39, 0.29) is 5.82 Å². The molecule has 84 valence electrons. The SMILES string of the molecule is CCCc1cc(Cl)n(-c2cccc(F)c2)n1. The molecule has 0 atom stereocenters. The van der Waals surface area contributed by atoms with Crippen LogP contribution in [-0.4, -0.2) is 9.78 Å². The molecule has 0 spiro atoms. The lowest BCUT2D eigenvalue weighted by Gasteiger charge is -2.02. The monoisotopic (exact) mass is 238 g/mol. The molecule has 0 aliphatic heterocycles. The van der Waals surface area contributed by atoms with E-state index < -0.39 is 0 Å². The van der Waals surface area contributed by atoms with Crippen LogP contribution in [0.1, 0.15) is 19.0 Å². The molecule has 4 heteroatoms. The summed E-state index contributed by atoms with van der Waals surface area (Å²) in [6.07, 6.45) is 1.89. The molecule has 0 amide bonds. The number of aromatic nitrogens is 2. The highest BCUT2D eigenvalue weighted by molar-refractivity contribution is 6.29. The number of benzene rings is 1. The van der Waals surface area contributed by atoms with Crippen molar-refractivity contribution in [3.05, 3.63) is 47.0 Å². The third-order valence-electron chi connectivity index (χ3n) is 2.28. The minimum Gasteiger partial charge on any atom is -0.222 e. The van der Waals surface area contributed by atoms with Crippen LogP contribution in [0.25, 0.3) is 5.69 Å². The zero-order valence-electron chi connectivity index (χ0n) is 8.95. The van der Waals surface area contributed by atoms with Gasteiger partial charge in [-0.1, -0.05) is 31.0 Å². The van der Waals surface area contributed by atoms with Gasteiger partial charge >= 0.3 is 0 Å². The minimum atomic E-state index is -0.291. The number of aryl methyl sites for hydroxylation is 1. The molecule has 0 aliphatic carbocycles. The second-order valence-electron chi connectivity index (χ2n) is 3.60. The van der Waals surface area contributed by atoms with Crippen LogP contribution in [0.15, 0.2) is 30.3 Å². The Labute approximate surface area is 98.7 Å². The van der Waals surface area contributed by atoms with Crippen molar-refractivity contribution in [1.82, 2.24) is 9.78 Å². The fourth-order valence-electron chi connectivity index (χ4n) is 1.57. The highest BCUT2D eigenvalue weighted by Crippen LogP contribution is 2.18. The summed E-state index contributed by atoms with van der Waals surface area (Å²) in [6.45, 7) is 2.08. The summed E-state index contributed by atoms with van der Waals surface area (Å²) in [5, 5.41) is 4.84. The van der Waals surface area contributed by atoms with Gasteiger partial charge in [0.25, 0.3) is 0 Å². The summed E-state index contributed by atoms with van der Waals surface area (Å²) in [6, 6.07) is 8.04. The molecule has 1 aromatic heterocycles. The quantitative estimate of drug-likeness (QED) is 0.799. The molecule has 0 unspecified atom stereocenters. The van der Waals surface area contributed by atoms with Crippen LogP contribution >= 0.6 is 11.6 Å². The van der Waals surface area contributed by atoms with Gasteiger partial charge in [0.1, 0.15) is 11.0 Å². The lowest BCUT2D eigenvalue weighted by Crippen LogP contribution is -1.98. The van der Waals surface area contributed by atoms with Gasteiger partial charge in [0, 0.05) is 0 Å². The summed E-state index contributed by atoms with van der Waals surface area (Å²) in [4.78, 5) is 0. The molecule has 1 heterocycles. The van der Waals surface area contributed by atoms with Crippen molar-refractivity contribution in [2.24, 2.45) is 0 Å². The Balaban J connectivity index is 2.40. The summed E-state index contributed by atoms with van der Waals surface area (Å²) in [5.74, 6) is -0.291. The van der Waals surface area contributed by atoms with Gasteiger partial charge in [0.05, 0.1) is 11.4 Å². The predicted octanol–water partition coefficient (Wildman–Crippen LogP) is 3.62. The van der Waals surface area contributed by atoms with Gasteiger partial charge in [-0.25, -0.2) is 9.07 Å². The number of nitrogens with zero attached hydrogens (tertiary/aromatic N) is 2. The molecule has 16 heavy (non-hydrogen) atoms. The Kier molecular flexibility index (Phi) is 3.25. The topological polar surface area (TPSA) is 17.8 Å². The molecule has 0 N–H and O–H groups in total. The fraction of sp³-hybridized carbons (Fsp3) is 0.250. The maximum Gasteiger partial charge on any atom is 0.133 e. The van der Waals surface area contributed by atoms with Crippen molar-refractivity contribution in [2.45, 2.75) is 19.8 Å². The normalized spacial score (nSPS) is 10.7. The smallest absolute Gasteiger partial charge is 0.133 e. The Morgan fingerprint density at radius 2 is 2.19 bits per heavy atom. The second-order valence-corrected chi connectivity index (χ2v) is 3.99. The van der Waals surface area contributed by atoms with Gasteiger partial charge in [-0.15, -0.1) is 0 Å². The lowest BCUT2D eigenvalue weighted by atomic mass is 10.3. The largest absolute Gasteiger partial charge is 0.222 e. The molecule has 1 aromatic carbocycles. The first-order chi connectivity index (χ1) is 7.70. The summed E-state index contributed by atoms with van der Waals surface area (Å²) in [7, 11) is 0. The maximum atomic E-state index is 13.1. The van der Waals surface area contributed by atoms with Gasteiger partial charge in [-0.2, -0.15) is 5.10 Å². The van der Waals surface area contributed by atoms with Crippen molar-refractivity contribution in [3.63, 3.8) is 0 Å². The number of hydrogen-bond acceptors (Lipinski definition) is 1. The molecular formula is C12H12ClFN2. The first-order valence-corrected chi connectivity index (χ1v) is 5.59. The first-order valence-electron chi connectivity index (χ1n) is 5.21. The van der Waals surface area contributed by atoms with Crippen LogP contribution in [0.5, 0.6) is 0 Å². The van der Waals surface area contributed by atoms with Crippen molar-refractivity contribution in [3.8, 4) is 5.69 Å². The summed E-state index contributed by atoms with van der Waals surface area (Å²) >= 11 is 6.05. The van der Waals surface area contributed by atoms with Crippen LogP contribution in [0.4, 0.5) is 4.39 Å². The van der Waals surface area contributed by atoms with E-state index in [1.54, 1.807) is 16.8 Å². The van der Waals surface area contributed by atoms with Crippen LogP contribution in [0.2, 0.25) is 5.15 Å². The van der Waals surface area contributed by atoms with Crippen LogP contribution in [0, 0.1) is 5.82 Å². The van der Waals surface area contributed by atoms with Crippen LogP contribution in [0.3, 0.4) is 0 Å². The van der Waals surface area contributed by atoms with Gasteiger partial charge < -0.3 is 0 Å². The molecule has 0 saturated carbocycles. The van der Waals surface area contributed by atoms with E-state index in [1.807, 2.05) is 6.07 Å². The van der Waals surface area contributed by atoms with E-state index in [0.717, 1.165) is 18.5 Å². The Morgan fingerprint density at radius 3 is 2.88 bits per heavy atom. The van der Waals surface area contributed by atoms with Crippen molar-refractivity contribution < 1.29 is 4.39 Å². The Morgan fingerprint density at radius 1 is 1.38 bits per heavy atom. The van der Waals surface area contributed by atoms with Gasteiger partial charge in [0.15, 0.2) is 0 Å². The highest BCUT2D eigenvalue weighted by Gasteiger charge is 2.07. The number of halogens is 2. The fourth-order valence-corrected chi connectivity index (χ4v) is 1.83. The van der Waals surface area contributed by atoms with E-state index in [0.29, 0.717) is 10.8 Å². The van der Waals surface area contributed by atoms with E-state index >= 15 is 0 Å². The van der Waals surface area contributed by atoms with Gasteiger partial charge in [-0.3, -0.25) is 0 Å². The molecule has 2 aromatic rings. The molecule has 0 radical (unpaired) electrons. The van der Waals surface area contributed by atoms with Crippen molar-refractivity contribution >= 4 is 11.6 Å². The van der Waals surface area contributed by atoms with Gasteiger partial charge in [-0.05, 0) is 30.7 Å². The average molecular weight is 239 g/mol. The van der Waals surface area contributed by atoms with Crippen LogP contribution in [-0.2, 0) is 6.42 Å². The third kappa shape index (κ3) is 2.25. The third-order valence-corrected chi connectivity index (χ3v) is 2.54. The molecule has 0 bridgehead atoms. The number of hydrogen-bond donors (Lipinski definition) is 0. The summed E-state index contributed by atoms with van der Waals surface area (Å²) in [5.41, 5.74) is 1.57. The zero-order valence-corrected chi connectivity index (χ0v) is 9.71. The van der Waals surface area contributed by atoms with Crippen LogP contribution < -0.4 is 0 Å². The first kappa shape index (κ1) is 11.1. The average Bonchev–Trinajstić information content (AvgIpc) is 2.60. The molecule has 0 saturated heterocycles. The Bertz CT molecular complexity index is 494. The zero-order chi connectivity index (χ0) is 11.5. The second kappa shape index (κ2) is 4.66. The van der Waals surface area contributed by atoms with E-state index in [2.05, 4.69) is 12.0 Å². The molecule has 0 fully saturated rings. The Hall–Kier alpha value is -1.35. The van der Waals surface area contributed by atoms with E-state index in [4.69, 9.17) is 11.6 Å². The highest BCUT2D eigenvalue weighted by atomic mass is 35.5. The molecule has 2 rings (SSSR count). The van der Waals surface area contributed by atoms with Crippen molar-refractivity contribution in [1.29, 1.82) is 0 Å². The molecule has 0 aliphatic rings. The van der Waals surface area contributed by atoms with E-state index in [9.17, 15) is 4.39 Å². The van der Waals surface area contributed by atoms with Gasteiger partial charge in [0.2, 0.25) is 0 Å². The van der Waals surface area contributed by atoms with E-state index in [1.165, 1.54) is 12.1 Å². The lowest BCUT2D eigenvalue weighted by molar-refractivity contribution is 0.625. The maximum absolute atomic E-state index is 13.1. The minimum absolute atomic E-state index is 0.291. The molecular weight excluding hydrogens is 227 g/mol. The van der Waals surface area contributed by atoms with Crippen molar-refractivity contribution in [2.75, 3.05) is 0 Å².